The van der Waals surface area contributed by atoms with Gasteiger partial charge in [0.25, 0.3) is 0 Å². The summed E-state index contributed by atoms with van der Waals surface area (Å²) in [5.74, 6) is 4.52. The van der Waals surface area contributed by atoms with E-state index in [1.165, 1.54) is 120 Å². The standard InChI is InChI=1S/C75H58N2/c1-47-17-13-21-52(39-47)58-29-15-18-49-19-16-30-63(73(49)58)61-27-7-11-33-68(61)77(56-24-14-20-50(42-56)51-36-38-70-64(43-51)62-28-8-12-34-69(62)76(70)55-22-3-2-4-23-55)67-32-10-6-25-57(67)53-35-37-60-59-26-5-9-31-65(59)75(66(60)44-53)71-41-48-40-54-45-72(75)74(54,71)46-48/h2-39,42-44,48,54,59,65,71-72H,40-41,45-46H2,1H3. The van der Waals surface area contributed by atoms with E-state index >= 15 is 0 Å². The minimum Gasteiger partial charge on any atom is -0.309 e. The minimum atomic E-state index is 0.233. The molecule has 0 saturated heterocycles. The summed E-state index contributed by atoms with van der Waals surface area (Å²) in [7, 11) is 0. The molecule has 4 saturated carbocycles. The Morgan fingerprint density at radius 2 is 1.16 bits per heavy atom. The van der Waals surface area contributed by atoms with Gasteiger partial charge in [0.05, 0.1) is 22.4 Å². The van der Waals surface area contributed by atoms with Crippen molar-refractivity contribution in [1.29, 1.82) is 0 Å². The van der Waals surface area contributed by atoms with Gasteiger partial charge < -0.3 is 9.47 Å². The second-order valence-corrected chi connectivity index (χ2v) is 23.7. The van der Waals surface area contributed by atoms with E-state index in [1.807, 2.05) is 0 Å². The van der Waals surface area contributed by atoms with Gasteiger partial charge in [0.15, 0.2) is 0 Å². The first-order valence-electron chi connectivity index (χ1n) is 28.3. The molecule has 17 rings (SSSR count). The molecule has 4 fully saturated rings. The molecule has 11 aromatic rings. The Hall–Kier alpha value is -8.46. The molecule has 0 N–H and O–H groups in total. The Balaban J connectivity index is 0.870. The molecule has 6 aliphatic rings. The maximum Gasteiger partial charge on any atom is 0.0541 e. The van der Waals surface area contributed by atoms with Crippen LogP contribution in [-0.4, -0.2) is 4.57 Å². The van der Waals surface area contributed by atoms with Gasteiger partial charge in [-0.25, -0.2) is 0 Å². The smallest absolute Gasteiger partial charge is 0.0541 e. The molecule has 8 unspecified atom stereocenters. The zero-order valence-electron chi connectivity index (χ0n) is 43.4. The molecule has 368 valence electrons. The zero-order chi connectivity index (χ0) is 50.6. The summed E-state index contributed by atoms with van der Waals surface area (Å²) < 4.78 is 2.41. The van der Waals surface area contributed by atoms with Crippen LogP contribution in [0.25, 0.3) is 82.8 Å². The van der Waals surface area contributed by atoms with Crippen LogP contribution in [0.3, 0.4) is 0 Å². The second kappa shape index (κ2) is 16.3. The lowest BCUT2D eigenvalue weighted by molar-refractivity contribution is -0.259. The minimum absolute atomic E-state index is 0.233. The van der Waals surface area contributed by atoms with Gasteiger partial charge in [0, 0.05) is 44.6 Å². The predicted molar refractivity (Wildman–Crippen MR) is 321 cm³/mol. The molecular formula is C75H58N2. The lowest BCUT2D eigenvalue weighted by atomic mass is 9.26. The van der Waals surface area contributed by atoms with Gasteiger partial charge in [-0.1, -0.05) is 200 Å². The van der Waals surface area contributed by atoms with Crippen LogP contribution < -0.4 is 4.90 Å². The van der Waals surface area contributed by atoms with Crippen LogP contribution in [0.15, 0.2) is 249 Å². The Kier molecular flexibility index (Phi) is 9.25. The molecule has 0 radical (unpaired) electrons. The van der Waals surface area contributed by atoms with E-state index < -0.39 is 0 Å². The van der Waals surface area contributed by atoms with E-state index in [0.717, 1.165) is 35.0 Å². The SMILES string of the molecule is Cc1cccc(-c2cccc3cccc(-c4ccccc4N(c4cccc(-c5ccc6c(c5)c5ccccc5n6-c5ccccc5)c4)c4ccccc4-c4ccc5c(c4)C4(C6C=CC=CC56)C5CC6CC7CC4C75C6)c23)c1. The Morgan fingerprint density at radius 3 is 2.03 bits per heavy atom. The highest BCUT2D eigenvalue weighted by Gasteiger charge is 2.85. The highest BCUT2D eigenvalue weighted by molar-refractivity contribution is 6.11. The van der Waals surface area contributed by atoms with Crippen molar-refractivity contribution in [2.75, 3.05) is 4.90 Å². The fraction of sp³-hybridized carbons (Fsp3) is 0.173. The third-order valence-corrected chi connectivity index (χ3v) is 20.4. The van der Waals surface area contributed by atoms with E-state index in [4.69, 9.17) is 0 Å². The van der Waals surface area contributed by atoms with Crippen LogP contribution in [0.4, 0.5) is 17.1 Å². The number of anilines is 3. The van der Waals surface area contributed by atoms with Gasteiger partial charge in [-0.05, 0) is 177 Å². The van der Waals surface area contributed by atoms with Crippen LogP contribution in [-0.2, 0) is 5.41 Å². The van der Waals surface area contributed by atoms with Gasteiger partial charge >= 0.3 is 0 Å². The van der Waals surface area contributed by atoms with Gasteiger partial charge in [0.1, 0.15) is 0 Å². The predicted octanol–water partition coefficient (Wildman–Crippen LogP) is 19.5. The molecule has 2 nitrogen and oxygen atoms in total. The van der Waals surface area contributed by atoms with E-state index in [9.17, 15) is 0 Å². The fourth-order valence-electron chi connectivity index (χ4n) is 17.7. The number of aryl methyl sites for hydroxylation is 1. The van der Waals surface area contributed by atoms with Crippen LogP contribution in [0.5, 0.6) is 0 Å². The van der Waals surface area contributed by atoms with Gasteiger partial charge in [0.2, 0.25) is 0 Å². The third kappa shape index (κ3) is 5.96. The molecule has 10 aromatic carbocycles. The molecule has 6 aliphatic carbocycles. The molecule has 8 atom stereocenters. The molecule has 2 bridgehead atoms. The second-order valence-electron chi connectivity index (χ2n) is 23.7. The number of nitrogens with zero attached hydrogens (tertiary/aromatic N) is 2. The summed E-state index contributed by atoms with van der Waals surface area (Å²) in [6.45, 7) is 2.20. The summed E-state index contributed by atoms with van der Waals surface area (Å²) in [5.41, 5.74) is 22.2. The van der Waals surface area contributed by atoms with Gasteiger partial charge in [-0.3, -0.25) is 0 Å². The molecule has 1 aromatic heterocycles. The van der Waals surface area contributed by atoms with Crippen LogP contribution in [0, 0.1) is 41.9 Å². The van der Waals surface area contributed by atoms with E-state index in [0.29, 0.717) is 17.3 Å². The normalized spacial score (nSPS) is 24.7. The number of hydrogen-bond donors (Lipinski definition) is 0. The largest absolute Gasteiger partial charge is 0.309 e. The van der Waals surface area contributed by atoms with E-state index in [-0.39, 0.29) is 5.41 Å². The van der Waals surface area contributed by atoms with Crippen molar-refractivity contribution < 1.29 is 0 Å². The fourth-order valence-corrected chi connectivity index (χ4v) is 17.7. The molecule has 77 heavy (non-hydrogen) atoms. The molecule has 0 amide bonds. The lowest BCUT2D eigenvalue weighted by Gasteiger charge is -2.78. The highest BCUT2D eigenvalue weighted by atomic mass is 15.1. The number of hydrogen-bond acceptors (Lipinski definition) is 1. The van der Waals surface area contributed by atoms with Crippen molar-refractivity contribution in [3.8, 4) is 50.2 Å². The van der Waals surface area contributed by atoms with Gasteiger partial charge in [-0.15, -0.1) is 0 Å². The first kappa shape index (κ1) is 43.7. The number of rotatable bonds is 8. The average molecular weight is 987 g/mol. The van der Waals surface area contributed by atoms with Gasteiger partial charge in [-0.2, -0.15) is 0 Å². The van der Waals surface area contributed by atoms with Crippen molar-refractivity contribution in [3.05, 3.63) is 265 Å². The number of fused-ring (bicyclic) bond motifs is 12. The number of aromatic nitrogens is 1. The highest BCUT2D eigenvalue weighted by Crippen LogP contribution is 2.90. The van der Waals surface area contributed by atoms with E-state index in [2.05, 4.69) is 265 Å². The van der Waals surface area contributed by atoms with Crippen molar-refractivity contribution >= 4 is 49.6 Å². The summed E-state index contributed by atoms with van der Waals surface area (Å²) in [5, 5.41) is 5.01. The van der Waals surface area contributed by atoms with Crippen molar-refractivity contribution in [2.45, 2.75) is 43.9 Å². The maximum atomic E-state index is 2.71. The zero-order valence-corrected chi connectivity index (χ0v) is 43.4. The Morgan fingerprint density at radius 1 is 0.481 bits per heavy atom. The summed E-state index contributed by atoms with van der Waals surface area (Å²) in [6.07, 6.45) is 15.7. The number of allylic oxidation sites excluding steroid dienone is 4. The lowest BCUT2D eigenvalue weighted by Crippen LogP contribution is -2.75. The quantitative estimate of drug-likeness (QED) is 0.147. The third-order valence-electron chi connectivity index (χ3n) is 20.4. The topological polar surface area (TPSA) is 8.17 Å². The molecule has 0 aliphatic heterocycles. The molecule has 1 heterocycles. The van der Waals surface area contributed by atoms with Crippen molar-refractivity contribution in [1.82, 2.24) is 4.57 Å². The first-order valence-corrected chi connectivity index (χ1v) is 28.3. The average Bonchev–Trinajstić information content (AvgIpc) is 3.57. The number of benzene rings is 10. The number of para-hydroxylation sites is 4. The van der Waals surface area contributed by atoms with Crippen molar-refractivity contribution in [3.63, 3.8) is 0 Å². The first-order chi connectivity index (χ1) is 38.1. The van der Waals surface area contributed by atoms with E-state index in [1.54, 1.807) is 11.1 Å². The molecular weight excluding hydrogens is 929 g/mol. The summed E-state index contributed by atoms with van der Waals surface area (Å²) >= 11 is 0. The Labute approximate surface area is 451 Å². The summed E-state index contributed by atoms with van der Waals surface area (Å²) in [6, 6.07) is 84.8. The van der Waals surface area contributed by atoms with Crippen LogP contribution in [0.2, 0.25) is 0 Å². The monoisotopic (exact) mass is 986 g/mol. The summed E-state index contributed by atoms with van der Waals surface area (Å²) in [4.78, 5) is 2.58. The Bertz CT molecular complexity index is 4320. The molecule has 2 spiro atoms. The maximum absolute atomic E-state index is 2.71. The van der Waals surface area contributed by atoms with Crippen LogP contribution >= 0.6 is 0 Å². The molecule has 2 heteroatoms. The van der Waals surface area contributed by atoms with Crippen molar-refractivity contribution in [2.24, 2.45) is 35.0 Å². The van der Waals surface area contributed by atoms with Crippen LogP contribution in [0.1, 0.15) is 48.3 Å².